The third kappa shape index (κ3) is 4.24. The number of piperazine rings is 1. The Kier molecular flexibility index (Phi) is 6.41. The number of sulfonamides is 1. The molecule has 2 aliphatic rings. The number of hydrogen-bond acceptors (Lipinski definition) is 7. The Morgan fingerprint density at radius 1 is 1.00 bits per heavy atom. The number of halogens is 1. The van der Waals surface area contributed by atoms with E-state index in [2.05, 4.69) is 4.90 Å². The Morgan fingerprint density at radius 3 is 2.32 bits per heavy atom. The van der Waals surface area contributed by atoms with Crippen molar-refractivity contribution >= 4 is 54.2 Å². The molecule has 3 heterocycles. The van der Waals surface area contributed by atoms with Gasteiger partial charge in [-0.15, -0.1) is 0 Å². The van der Waals surface area contributed by atoms with Crippen molar-refractivity contribution in [3.05, 3.63) is 47.0 Å². The van der Waals surface area contributed by atoms with Crippen LogP contribution in [0.5, 0.6) is 5.75 Å². The van der Waals surface area contributed by atoms with Gasteiger partial charge in [-0.2, -0.15) is 4.31 Å². The summed E-state index contributed by atoms with van der Waals surface area (Å²) in [6, 6.07) is 10.0. The molecule has 3 aromatic rings. The summed E-state index contributed by atoms with van der Waals surface area (Å²) in [7, 11) is -1.90. The molecule has 0 spiro atoms. The van der Waals surface area contributed by atoms with E-state index in [1.807, 2.05) is 12.1 Å². The summed E-state index contributed by atoms with van der Waals surface area (Å²) in [6.45, 7) is 3.54. The van der Waals surface area contributed by atoms with Gasteiger partial charge >= 0.3 is 0 Å². The fraction of sp³-hybridized carbons (Fsp3) is 0.391. The van der Waals surface area contributed by atoms with Crippen LogP contribution in [0, 0.1) is 0 Å². The minimum atomic E-state index is -3.48. The van der Waals surface area contributed by atoms with Crippen molar-refractivity contribution in [2.75, 3.05) is 51.3 Å². The largest absolute Gasteiger partial charge is 0.493 e. The number of carbonyl (C=O) groups excluding carboxylic acids is 1. The van der Waals surface area contributed by atoms with E-state index in [0.29, 0.717) is 55.6 Å². The van der Waals surface area contributed by atoms with Crippen LogP contribution in [-0.4, -0.2) is 74.9 Å². The standard InChI is InChI=1S/C23H25ClN4O4S2/c1-32-21-18(24)8-9-19-20(21)25-23(33-19)27-14-12-26(13-15-27)22(29)16-4-6-17(7-5-16)34(30,31)28-10-2-3-11-28/h4-9H,2-3,10-15H2,1H3. The molecule has 180 valence electrons. The zero-order valence-corrected chi connectivity index (χ0v) is 21.1. The number of nitrogens with zero attached hydrogens (tertiary/aromatic N) is 4. The van der Waals surface area contributed by atoms with Crippen LogP contribution in [0.1, 0.15) is 23.2 Å². The van der Waals surface area contributed by atoms with Crippen molar-refractivity contribution in [3.8, 4) is 5.75 Å². The molecule has 1 amide bonds. The van der Waals surface area contributed by atoms with E-state index in [1.165, 1.54) is 16.4 Å². The molecule has 0 saturated carbocycles. The molecule has 0 unspecified atom stereocenters. The molecule has 2 aromatic carbocycles. The predicted octanol–water partition coefficient (Wildman–Crippen LogP) is 3.71. The van der Waals surface area contributed by atoms with Crippen LogP contribution in [0.25, 0.3) is 10.2 Å². The van der Waals surface area contributed by atoms with Gasteiger partial charge in [0.15, 0.2) is 10.9 Å². The van der Waals surface area contributed by atoms with Crippen molar-refractivity contribution in [1.82, 2.24) is 14.2 Å². The van der Waals surface area contributed by atoms with Crippen LogP contribution in [0.3, 0.4) is 0 Å². The molecule has 2 fully saturated rings. The highest BCUT2D eigenvalue weighted by Crippen LogP contribution is 2.38. The first-order valence-electron chi connectivity index (χ1n) is 11.2. The molecule has 2 saturated heterocycles. The number of hydrogen-bond donors (Lipinski definition) is 0. The van der Waals surface area contributed by atoms with E-state index in [1.54, 1.807) is 35.5 Å². The highest BCUT2D eigenvalue weighted by Gasteiger charge is 2.28. The van der Waals surface area contributed by atoms with E-state index in [4.69, 9.17) is 21.3 Å². The fourth-order valence-corrected chi connectivity index (χ4v) is 7.16. The van der Waals surface area contributed by atoms with Crippen molar-refractivity contribution in [3.63, 3.8) is 0 Å². The van der Waals surface area contributed by atoms with Crippen LogP contribution in [-0.2, 0) is 10.0 Å². The second kappa shape index (κ2) is 9.33. The molecule has 11 heteroatoms. The fourth-order valence-electron chi connectivity index (χ4n) is 4.39. The lowest BCUT2D eigenvalue weighted by molar-refractivity contribution is 0.0746. The average molecular weight is 521 g/mol. The molecule has 0 aliphatic carbocycles. The first-order valence-corrected chi connectivity index (χ1v) is 13.8. The second-order valence-corrected chi connectivity index (χ2v) is 11.7. The Balaban J connectivity index is 1.25. The molecule has 0 bridgehead atoms. The lowest BCUT2D eigenvalue weighted by atomic mass is 10.2. The molecule has 5 rings (SSSR count). The number of benzene rings is 2. The molecule has 2 aliphatic heterocycles. The summed E-state index contributed by atoms with van der Waals surface area (Å²) in [5.74, 6) is 0.480. The lowest BCUT2D eigenvalue weighted by Gasteiger charge is -2.34. The highest BCUT2D eigenvalue weighted by molar-refractivity contribution is 7.89. The maximum atomic E-state index is 13.0. The number of fused-ring (bicyclic) bond motifs is 1. The van der Waals surface area contributed by atoms with Gasteiger partial charge in [-0.05, 0) is 49.2 Å². The molecule has 1 aromatic heterocycles. The van der Waals surface area contributed by atoms with E-state index < -0.39 is 10.0 Å². The quantitative estimate of drug-likeness (QED) is 0.510. The third-order valence-electron chi connectivity index (χ3n) is 6.30. The Bertz CT molecular complexity index is 1310. The summed E-state index contributed by atoms with van der Waals surface area (Å²) in [6.07, 6.45) is 1.78. The van der Waals surface area contributed by atoms with E-state index in [0.717, 1.165) is 28.2 Å². The molecule has 0 N–H and O–H groups in total. The molecule has 8 nitrogen and oxygen atoms in total. The Morgan fingerprint density at radius 2 is 1.68 bits per heavy atom. The van der Waals surface area contributed by atoms with Crippen LogP contribution in [0.15, 0.2) is 41.3 Å². The van der Waals surface area contributed by atoms with E-state index >= 15 is 0 Å². The monoisotopic (exact) mass is 520 g/mol. The van der Waals surface area contributed by atoms with Gasteiger partial charge < -0.3 is 14.5 Å². The third-order valence-corrected chi connectivity index (χ3v) is 9.59. The van der Waals surface area contributed by atoms with E-state index in [-0.39, 0.29) is 10.8 Å². The van der Waals surface area contributed by atoms with Crippen molar-refractivity contribution in [2.24, 2.45) is 0 Å². The maximum Gasteiger partial charge on any atom is 0.253 e. The first-order chi connectivity index (χ1) is 16.4. The molecular formula is C23H25ClN4O4S2. The number of methoxy groups -OCH3 is 1. The molecule has 0 radical (unpaired) electrons. The van der Waals surface area contributed by atoms with Crippen LogP contribution >= 0.6 is 22.9 Å². The van der Waals surface area contributed by atoms with Gasteiger partial charge in [0.2, 0.25) is 10.0 Å². The van der Waals surface area contributed by atoms with Gasteiger partial charge in [-0.25, -0.2) is 13.4 Å². The van der Waals surface area contributed by atoms with Gasteiger partial charge in [0, 0.05) is 44.8 Å². The summed E-state index contributed by atoms with van der Waals surface area (Å²) in [4.78, 5) is 22.0. The van der Waals surface area contributed by atoms with Crippen molar-refractivity contribution in [2.45, 2.75) is 17.7 Å². The van der Waals surface area contributed by atoms with Gasteiger partial charge in [-0.3, -0.25) is 4.79 Å². The van der Waals surface area contributed by atoms with Gasteiger partial charge in [0.05, 0.1) is 21.7 Å². The summed E-state index contributed by atoms with van der Waals surface area (Å²) in [5.41, 5.74) is 1.24. The minimum absolute atomic E-state index is 0.0949. The molecular weight excluding hydrogens is 496 g/mol. The zero-order valence-electron chi connectivity index (χ0n) is 18.7. The SMILES string of the molecule is COc1c(Cl)ccc2sc(N3CCN(C(=O)c4ccc(S(=O)(=O)N5CCCC5)cc4)CC3)nc12. The number of anilines is 1. The van der Waals surface area contributed by atoms with Crippen LogP contribution in [0.2, 0.25) is 5.02 Å². The molecule has 34 heavy (non-hydrogen) atoms. The molecule has 0 atom stereocenters. The average Bonchev–Trinajstić information content (AvgIpc) is 3.55. The normalized spacial score (nSPS) is 17.5. The van der Waals surface area contributed by atoms with Crippen molar-refractivity contribution in [1.29, 1.82) is 0 Å². The van der Waals surface area contributed by atoms with Crippen LogP contribution < -0.4 is 9.64 Å². The van der Waals surface area contributed by atoms with E-state index in [9.17, 15) is 13.2 Å². The first kappa shape index (κ1) is 23.3. The Labute approximate surface area is 207 Å². The number of ether oxygens (including phenoxy) is 1. The predicted molar refractivity (Wildman–Crippen MR) is 134 cm³/mol. The van der Waals surface area contributed by atoms with Crippen LogP contribution in [0.4, 0.5) is 5.13 Å². The highest BCUT2D eigenvalue weighted by atomic mass is 35.5. The topological polar surface area (TPSA) is 83.0 Å². The summed E-state index contributed by atoms with van der Waals surface area (Å²) < 4.78 is 33.4. The number of carbonyl (C=O) groups is 1. The summed E-state index contributed by atoms with van der Waals surface area (Å²) >= 11 is 7.80. The van der Waals surface area contributed by atoms with Crippen molar-refractivity contribution < 1.29 is 17.9 Å². The van der Waals surface area contributed by atoms with Gasteiger partial charge in [0.1, 0.15) is 5.52 Å². The number of rotatable bonds is 5. The Hall–Kier alpha value is -2.40. The second-order valence-electron chi connectivity index (χ2n) is 8.34. The smallest absolute Gasteiger partial charge is 0.253 e. The zero-order chi connectivity index (χ0) is 23.9. The number of thiazole rings is 1. The minimum Gasteiger partial charge on any atom is -0.493 e. The van der Waals surface area contributed by atoms with Gasteiger partial charge in [-0.1, -0.05) is 22.9 Å². The lowest BCUT2D eigenvalue weighted by Crippen LogP contribution is -2.48. The summed E-state index contributed by atoms with van der Waals surface area (Å²) in [5, 5.41) is 1.40. The number of aromatic nitrogens is 1. The van der Waals surface area contributed by atoms with Gasteiger partial charge in [0.25, 0.3) is 5.91 Å². The maximum absolute atomic E-state index is 13.0. The number of amides is 1.